The van der Waals surface area contributed by atoms with Crippen molar-refractivity contribution < 1.29 is 4.57 Å². The number of aryl methyl sites for hydroxylation is 3. The minimum Gasteiger partial charge on any atom is -0.264 e. The van der Waals surface area contributed by atoms with E-state index in [9.17, 15) is 0 Å². The van der Waals surface area contributed by atoms with E-state index >= 15 is 0 Å². The van der Waals surface area contributed by atoms with E-state index in [-0.39, 0.29) is 0 Å². The standard InChI is InChI=1S/C20H28N3/c1-4-7-12-22-13-14-23-19-10-11-21-15-18(19)16(8-5-2)17(9-6-3)20(22)23/h10-11,13-15H,4-9,12H2,1-3H3/q+1. The van der Waals surface area contributed by atoms with Crippen LogP contribution < -0.4 is 4.57 Å². The molecule has 0 spiro atoms. The van der Waals surface area contributed by atoms with Crippen LogP contribution in [0.15, 0.2) is 30.9 Å². The first-order valence-electron chi connectivity index (χ1n) is 9.09. The fourth-order valence-electron chi connectivity index (χ4n) is 3.62. The average Bonchev–Trinajstić information content (AvgIpc) is 3.00. The van der Waals surface area contributed by atoms with Crippen molar-refractivity contribution in [2.45, 2.75) is 65.8 Å². The Labute approximate surface area is 139 Å². The van der Waals surface area contributed by atoms with Gasteiger partial charge in [0.25, 0.3) is 5.65 Å². The molecule has 0 fully saturated rings. The summed E-state index contributed by atoms with van der Waals surface area (Å²) in [4.78, 5) is 4.40. The van der Waals surface area contributed by atoms with Gasteiger partial charge in [-0.05, 0) is 24.8 Å². The summed E-state index contributed by atoms with van der Waals surface area (Å²) in [5.41, 5.74) is 5.71. The Morgan fingerprint density at radius 1 is 1.04 bits per heavy atom. The predicted octanol–water partition coefficient (Wildman–Crippen LogP) is 4.48. The third-order valence-corrected chi connectivity index (χ3v) is 4.67. The van der Waals surface area contributed by atoms with Gasteiger partial charge in [-0.3, -0.25) is 4.98 Å². The lowest BCUT2D eigenvalue weighted by molar-refractivity contribution is -0.671. The van der Waals surface area contributed by atoms with E-state index in [1.165, 1.54) is 53.4 Å². The molecule has 0 atom stereocenters. The monoisotopic (exact) mass is 310 g/mol. The van der Waals surface area contributed by atoms with Crippen LogP contribution in [0.5, 0.6) is 0 Å². The molecule has 0 bridgehead atoms. The third kappa shape index (κ3) is 2.85. The maximum absolute atomic E-state index is 4.40. The SMILES string of the molecule is CCCC[n+]1ccn2c3ccncc3c(CCC)c(CCC)c21. The van der Waals surface area contributed by atoms with Gasteiger partial charge in [-0.1, -0.05) is 40.0 Å². The molecule has 3 aromatic rings. The number of hydrogen-bond acceptors (Lipinski definition) is 1. The van der Waals surface area contributed by atoms with Gasteiger partial charge in [-0.25, -0.2) is 4.57 Å². The zero-order valence-corrected chi connectivity index (χ0v) is 14.7. The summed E-state index contributed by atoms with van der Waals surface area (Å²) >= 11 is 0. The van der Waals surface area contributed by atoms with E-state index in [0.29, 0.717) is 0 Å². The highest BCUT2D eigenvalue weighted by atomic mass is 15.1. The molecule has 3 rings (SSSR count). The van der Waals surface area contributed by atoms with E-state index in [1.54, 1.807) is 0 Å². The Morgan fingerprint density at radius 2 is 1.83 bits per heavy atom. The van der Waals surface area contributed by atoms with Crippen molar-refractivity contribution in [3.63, 3.8) is 0 Å². The third-order valence-electron chi connectivity index (χ3n) is 4.67. The van der Waals surface area contributed by atoms with Crippen LogP contribution in [0.25, 0.3) is 16.6 Å². The molecular weight excluding hydrogens is 282 g/mol. The number of aromatic nitrogens is 3. The summed E-state index contributed by atoms with van der Waals surface area (Å²) in [6.07, 6.45) is 15.5. The van der Waals surface area contributed by atoms with E-state index < -0.39 is 0 Å². The van der Waals surface area contributed by atoms with Crippen molar-refractivity contribution in [3.8, 4) is 0 Å². The molecule has 122 valence electrons. The van der Waals surface area contributed by atoms with Crippen molar-refractivity contribution in [3.05, 3.63) is 42.0 Å². The number of rotatable bonds is 7. The van der Waals surface area contributed by atoms with Crippen LogP contribution in [-0.2, 0) is 19.4 Å². The molecule has 3 aromatic heterocycles. The van der Waals surface area contributed by atoms with Crippen LogP contribution in [0.2, 0.25) is 0 Å². The van der Waals surface area contributed by atoms with Crippen molar-refractivity contribution in [1.29, 1.82) is 0 Å². The molecule has 0 aliphatic rings. The maximum atomic E-state index is 4.40. The highest BCUT2D eigenvalue weighted by molar-refractivity contribution is 5.86. The second-order valence-corrected chi connectivity index (χ2v) is 6.39. The number of nitrogens with zero attached hydrogens (tertiary/aromatic N) is 3. The Balaban J connectivity index is 2.35. The first-order valence-corrected chi connectivity index (χ1v) is 9.09. The molecule has 0 N–H and O–H groups in total. The normalized spacial score (nSPS) is 11.6. The van der Waals surface area contributed by atoms with Gasteiger partial charge in [-0.2, -0.15) is 4.40 Å². The molecular formula is C20H28N3+. The Morgan fingerprint density at radius 3 is 2.57 bits per heavy atom. The van der Waals surface area contributed by atoms with Crippen molar-refractivity contribution in [2.75, 3.05) is 0 Å². The highest BCUT2D eigenvalue weighted by Crippen LogP contribution is 2.27. The van der Waals surface area contributed by atoms with Crippen LogP contribution >= 0.6 is 0 Å². The maximum Gasteiger partial charge on any atom is 0.290 e. The quantitative estimate of drug-likeness (QED) is 0.589. The smallest absolute Gasteiger partial charge is 0.264 e. The zero-order valence-electron chi connectivity index (χ0n) is 14.7. The first kappa shape index (κ1) is 16.0. The van der Waals surface area contributed by atoms with Crippen molar-refractivity contribution >= 4 is 16.6 Å². The van der Waals surface area contributed by atoms with Crippen LogP contribution in [0, 0.1) is 0 Å². The summed E-state index contributed by atoms with van der Waals surface area (Å²) in [6.45, 7) is 7.91. The Kier molecular flexibility index (Phi) is 4.94. The van der Waals surface area contributed by atoms with Gasteiger partial charge < -0.3 is 0 Å². The number of unbranched alkanes of at least 4 members (excludes halogenated alkanes) is 1. The van der Waals surface area contributed by atoms with Gasteiger partial charge in [0.2, 0.25) is 0 Å². The van der Waals surface area contributed by atoms with E-state index in [4.69, 9.17) is 0 Å². The van der Waals surface area contributed by atoms with Gasteiger partial charge in [0.15, 0.2) is 0 Å². The minimum absolute atomic E-state index is 1.10. The second-order valence-electron chi connectivity index (χ2n) is 6.39. The Hall–Kier alpha value is -1.90. The van der Waals surface area contributed by atoms with Crippen LogP contribution in [-0.4, -0.2) is 9.38 Å². The molecule has 0 aromatic carbocycles. The van der Waals surface area contributed by atoms with Gasteiger partial charge in [0.05, 0.1) is 6.54 Å². The van der Waals surface area contributed by atoms with Gasteiger partial charge in [0, 0.05) is 29.4 Å². The molecule has 0 saturated heterocycles. The minimum atomic E-state index is 1.10. The van der Waals surface area contributed by atoms with Crippen LogP contribution in [0.1, 0.15) is 57.6 Å². The molecule has 0 amide bonds. The van der Waals surface area contributed by atoms with Crippen LogP contribution in [0.3, 0.4) is 0 Å². The highest BCUT2D eigenvalue weighted by Gasteiger charge is 2.22. The summed E-state index contributed by atoms with van der Waals surface area (Å²) in [6, 6.07) is 2.15. The molecule has 3 heterocycles. The molecule has 0 saturated carbocycles. The summed E-state index contributed by atoms with van der Waals surface area (Å²) in [5.74, 6) is 0. The predicted molar refractivity (Wildman–Crippen MR) is 95.8 cm³/mol. The van der Waals surface area contributed by atoms with E-state index in [0.717, 1.165) is 19.4 Å². The second kappa shape index (κ2) is 7.12. The van der Waals surface area contributed by atoms with Gasteiger partial charge in [-0.15, -0.1) is 0 Å². The van der Waals surface area contributed by atoms with E-state index in [1.807, 2.05) is 6.20 Å². The summed E-state index contributed by atoms with van der Waals surface area (Å²) < 4.78 is 4.82. The molecule has 0 aliphatic carbocycles. The van der Waals surface area contributed by atoms with Crippen molar-refractivity contribution in [2.24, 2.45) is 0 Å². The molecule has 0 radical (unpaired) electrons. The number of fused-ring (bicyclic) bond motifs is 3. The van der Waals surface area contributed by atoms with Gasteiger partial charge >= 0.3 is 0 Å². The fourth-order valence-corrected chi connectivity index (χ4v) is 3.62. The van der Waals surface area contributed by atoms with Gasteiger partial charge in [0.1, 0.15) is 17.9 Å². The Bertz CT molecular complexity index is 801. The number of imidazole rings is 1. The molecule has 0 unspecified atom stereocenters. The average molecular weight is 310 g/mol. The number of hydrogen-bond donors (Lipinski definition) is 0. The first-order chi connectivity index (χ1) is 11.3. The van der Waals surface area contributed by atoms with Crippen LogP contribution in [0.4, 0.5) is 0 Å². The largest absolute Gasteiger partial charge is 0.290 e. The summed E-state index contributed by atoms with van der Waals surface area (Å²) in [7, 11) is 0. The van der Waals surface area contributed by atoms with E-state index in [2.05, 4.69) is 59.4 Å². The van der Waals surface area contributed by atoms with Crippen molar-refractivity contribution in [1.82, 2.24) is 9.38 Å². The molecule has 0 aliphatic heterocycles. The zero-order chi connectivity index (χ0) is 16.2. The molecule has 3 heteroatoms. The molecule has 3 nitrogen and oxygen atoms in total. The lowest BCUT2D eigenvalue weighted by Gasteiger charge is -2.12. The fraction of sp³-hybridized carbons (Fsp3) is 0.500. The summed E-state index contributed by atoms with van der Waals surface area (Å²) in [5, 5.41) is 1.32. The lowest BCUT2D eigenvalue weighted by atomic mass is 9.97. The number of pyridine rings is 2. The molecule has 23 heavy (non-hydrogen) atoms. The topological polar surface area (TPSA) is 21.2 Å². The lowest BCUT2D eigenvalue weighted by Crippen LogP contribution is -2.33.